The van der Waals surface area contributed by atoms with E-state index in [4.69, 9.17) is 14.7 Å². The number of ether oxygens (including phenoxy) is 2. The van der Waals surface area contributed by atoms with Gasteiger partial charge >= 0.3 is 0 Å². The van der Waals surface area contributed by atoms with E-state index < -0.39 is 0 Å². The summed E-state index contributed by atoms with van der Waals surface area (Å²) >= 11 is 0. The molecule has 1 aromatic rings. The van der Waals surface area contributed by atoms with Crippen molar-refractivity contribution in [1.29, 1.82) is 5.26 Å². The van der Waals surface area contributed by atoms with E-state index >= 15 is 0 Å². The van der Waals surface area contributed by atoms with Crippen LogP contribution in [0.5, 0.6) is 5.75 Å². The van der Waals surface area contributed by atoms with Gasteiger partial charge in [-0.3, -0.25) is 4.79 Å². The molecule has 1 amide bonds. The van der Waals surface area contributed by atoms with E-state index in [2.05, 4.69) is 5.32 Å². The van der Waals surface area contributed by atoms with Gasteiger partial charge in [0.15, 0.2) is 6.61 Å². The van der Waals surface area contributed by atoms with E-state index in [1.807, 2.05) is 13.0 Å². The Balaban J connectivity index is 1.89. The van der Waals surface area contributed by atoms with Crippen molar-refractivity contribution in [3.05, 3.63) is 24.3 Å². The fourth-order valence-corrected chi connectivity index (χ4v) is 1.97. The number of benzene rings is 1. The highest BCUT2D eigenvalue weighted by Gasteiger charge is 2.27. The zero-order chi connectivity index (χ0) is 13.7. The number of rotatable bonds is 4. The Kier molecular flexibility index (Phi) is 4.37. The van der Waals surface area contributed by atoms with Crippen molar-refractivity contribution >= 4 is 11.6 Å². The second-order valence-corrected chi connectivity index (χ2v) is 4.47. The van der Waals surface area contributed by atoms with Crippen LogP contribution < -0.4 is 10.1 Å². The molecular weight excluding hydrogens is 244 g/mol. The summed E-state index contributed by atoms with van der Waals surface area (Å²) < 4.78 is 10.6. The summed E-state index contributed by atoms with van der Waals surface area (Å²) in [7, 11) is 0. The number of nitriles is 1. The van der Waals surface area contributed by atoms with E-state index in [0.29, 0.717) is 11.4 Å². The molecule has 2 rings (SSSR count). The third kappa shape index (κ3) is 3.70. The minimum atomic E-state index is -0.357. The summed E-state index contributed by atoms with van der Waals surface area (Å²) in [5.41, 5.74) is 0.692. The van der Waals surface area contributed by atoms with Gasteiger partial charge in [-0.15, -0.1) is 0 Å². The van der Waals surface area contributed by atoms with Crippen molar-refractivity contribution in [3.8, 4) is 11.8 Å². The molecule has 1 aliphatic rings. The first-order chi connectivity index (χ1) is 9.19. The molecule has 5 heteroatoms. The predicted molar refractivity (Wildman–Crippen MR) is 69.7 cm³/mol. The van der Waals surface area contributed by atoms with Crippen LogP contribution in [0.4, 0.5) is 5.69 Å². The Morgan fingerprint density at radius 3 is 2.79 bits per heavy atom. The molecule has 2 unspecified atom stereocenters. The molecule has 1 N–H and O–H groups in total. The van der Waals surface area contributed by atoms with Crippen LogP contribution in [0, 0.1) is 11.3 Å². The second-order valence-electron chi connectivity index (χ2n) is 4.47. The van der Waals surface area contributed by atoms with E-state index in [1.165, 1.54) is 0 Å². The second kappa shape index (κ2) is 6.21. The lowest BCUT2D eigenvalue weighted by molar-refractivity contribution is -0.126. The average molecular weight is 260 g/mol. The fraction of sp³-hybridized carbons (Fsp3) is 0.429. The molecule has 0 saturated carbocycles. The molecule has 0 aromatic heterocycles. The van der Waals surface area contributed by atoms with Crippen molar-refractivity contribution in [2.24, 2.45) is 0 Å². The van der Waals surface area contributed by atoms with Crippen molar-refractivity contribution in [3.63, 3.8) is 0 Å². The average Bonchev–Trinajstić information content (AvgIpc) is 2.85. The fourth-order valence-electron chi connectivity index (χ4n) is 1.97. The Morgan fingerprint density at radius 2 is 2.21 bits per heavy atom. The minimum Gasteiger partial charge on any atom is -0.479 e. The van der Waals surface area contributed by atoms with Crippen molar-refractivity contribution in [2.45, 2.75) is 32.0 Å². The summed E-state index contributed by atoms with van der Waals surface area (Å²) in [5, 5.41) is 11.2. The number of carbonyl (C=O) groups excluding carboxylic acids is 1. The molecule has 1 fully saturated rings. The van der Waals surface area contributed by atoms with Crippen LogP contribution in [0.1, 0.15) is 19.8 Å². The number of anilines is 1. The molecule has 19 heavy (non-hydrogen) atoms. The molecule has 2 atom stereocenters. The summed E-state index contributed by atoms with van der Waals surface area (Å²) in [6, 6.07) is 8.80. The molecule has 1 heterocycles. The smallest absolute Gasteiger partial charge is 0.253 e. The van der Waals surface area contributed by atoms with Crippen LogP contribution in [0.2, 0.25) is 0 Å². The van der Waals surface area contributed by atoms with Crippen LogP contribution in [0.15, 0.2) is 24.3 Å². The topological polar surface area (TPSA) is 71.3 Å². The lowest BCUT2D eigenvalue weighted by Gasteiger charge is -2.12. The number of nitrogens with one attached hydrogen (secondary N) is 1. The molecule has 100 valence electrons. The van der Waals surface area contributed by atoms with Crippen molar-refractivity contribution < 1.29 is 14.3 Å². The minimum absolute atomic E-state index is 0.0134. The zero-order valence-corrected chi connectivity index (χ0v) is 10.8. The van der Waals surface area contributed by atoms with Gasteiger partial charge < -0.3 is 14.8 Å². The van der Waals surface area contributed by atoms with Gasteiger partial charge in [0.05, 0.1) is 6.10 Å². The highest BCUT2D eigenvalue weighted by atomic mass is 16.5. The maximum atomic E-state index is 11.9. The van der Waals surface area contributed by atoms with Gasteiger partial charge in [-0.05, 0) is 44.0 Å². The zero-order valence-electron chi connectivity index (χ0n) is 10.8. The van der Waals surface area contributed by atoms with E-state index in [1.54, 1.807) is 24.3 Å². The highest BCUT2D eigenvalue weighted by Crippen LogP contribution is 2.21. The Bertz CT molecular complexity index is 478. The Morgan fingerprint density at radius 1 is 1.47 bits per heavy atom. The first kappa shape index (κ1) is 13.4. The van der Waals surface area contributed by atoms with Crippen LogP contribution in [-0.2, 0) is 9.53 Å². The Labute approximate surface area is 112 Å². The standard InChI is InChI=1S/C14H16N2O3/c1-10-2-7-13(19-10)14(17)16-11-3-5-12(6-4-11)18-9-8-15/h3-6,10,13H,2,7,9H2,1H3,(H,16,17). The van der Waals surface area contributed by atoms with Gasteiger partial charge in [0.2, 0.25) is 0 Å². The molecule has 1 aliphatic heterocycles. The van der Waals surface area contributed by atoms with Gasteiger partial charge in [-0.2, -0.15) is 5.26 Å². The number of hydrogen-bond donors (Lipinski definition) is 1. The van der Waals surface area contributed by atoms with Gasteiger partial charge in [-0.1, -0.05) is 0 Å². The number of hydrogen-bond acceptors (Lipinski definition) is 4. The predicted octanol–water partition coefficient (Wildman–Crippen LogP) is 2.09. The largest absolute Gasteiger partial charge is 0.479 e. The van der Waals surface area contributed by atoms with E-state index in [-0.39, 0.29) is 24.7 Å². The summed E-state index contributed by atoms with van der Waals surface area (Å²) in [6.07, 6.45) is 1.47. The van der Waals surface area contributed by atoms with Crippen LogP contribution in [0.3, 0.4) is 0 Å². The molecule has 0 bridgehead atoms. The molecule has 1 aromatic carbocycles. The monoisotopic (exact) mass is 260 g/mol. The third-order valence-electron chi connectivity index (χ3n) is 2.95. The van der Waals surface area contributed by atoms with Gasteiger partial charge in [0, 0.05) is 5.69 Å². The SMILES string of the molecule is CC1CCC(C(=O)Nc2ccc(OCC#N)cc2)O1. The van der Waals surface area contributed by atoms with Crippen molar-refractivity contribution in [2.75, 3.05) is 11.9 Å². The van der Waals surface area contributed by atoms with Crippen LogP contribution >= 0.6 is 0 Å². The lowest BCUT2D eigenvalue weighted by atomic mass is 10.2. The summed E-state index contributed by atoms with van der Waals surface area (Å²) in [6.45, 7) is 1.98. The maximum absolute atomic E-state index is 11.9. The number of amides is 1. The van der Waals surface area contributed by atoms with Gasteiger partial charge in [-0.25, -0.2) is 0 Å². The normalized spacial score (nSPS) is 21.7. The molecule has 0 spiro atoms. The van der Waals surface area contributed by atoms with Crippen LogP contribution in [-0.4, -0.2) is 24.7 Å². The maximum Gasteiger partial charge on any atom is 0.253 e. The molecule has 1 saturated heterocycles. The first-order valence-corrected chi connectivity index (χ1v) is 6.25. The van der Waals surface area contributed by atoms with Gasteiger partial charge in [0.1, 0.15) is 17.9 Å². The highest BCUT2D eigenvalue weighted by molar-refractivity contribution is 5.94. The van der Waals surface area contributed by atoms with Crippen molar-refractivity contribution in [1.82, 2.24) is 0 Å². The molecule has 0 radical (unpaired) electrons. The van der Waals surface area contributed by atoms with E-state index in [9.17, 15) is 4.79 Å². The van der Waals surface area contributed by atoms with Gasteiger partial charge in [0.25, 0.3) is 5.91 Å². The van der Waals surface area contributed by atoms with Crippen LogP contribution in [0.25, 0.3) is 0 Å². The number of carbonyl (C=O) groups is 1. The summed E-state index contributed by atoms with van der Waals surface area (Å²) in [4.78, 5) is 11.9. The third-order valence-corrected chi connectivity index (χ3v) is 2.95. The lowest BCUT2D eigenvalue weighted by Crippen LogP contribution is -2.27. The molecule has 5 nitrogen and oxygen atoms in total. The van der Waals surface area contributed by atoms with E-state index in [0.717, 1.165) is 12.8 Å². The Hall–Kier alpha value is -2.06. The molecule has 0 aliphatic carbocycles. The number of nitrogens with zero attached hydrogens (tertiary/aromatic N) is 1. The summed E-state index contributed by atoms with van der Waals surface area (Å²) in [5.74, 6) is 0.486. The molecular formula is C14H16N2O3. The quantitative estimate of drug-likeness (QED) is 0.899. The first-order valence-electron chi connectivity index (χ1n) is 6.25.